The summed E-state index contributed by atoms with van der Waals surface area (Å²) in [6.45, 7) is 1.51. The normalized spacial score (nSPS) is 11.4. The van der Waals surface area contributed by atoms with Gasteiger partial charge in [0.2, 0.25) is 0 Å². The predicted molar refractivity (Wildman–Crippen MR) is 93.4 cm³/mol. The topological polar surface area (TPSA) is 66.6 Å². The summed E-state index contributed by atoms with van der Waals surface area (Å²) in [6.07, 6.45) is 0. The van der Waals surface area contributed by atoms with E-state index in [0.717, 1.165) is 10.6 Å². The van der Waals surface area contributed by atoms with E-state index >= 15 is 0 Å². The van der Waals surface area contributed by atoms with Gasteiger partial charge in [0, 0.05) is 10.7 Å². The first kappa shape index (κ1) is 17.8. The van der Waals surface area contributed by atoms with Crippen molar-refractivity contribution in [3.8, 4) is 11.8 Å². The second-order valence-corrected chi connectivity index (χ2v) is 5.86. The van der Waals surface area contributed by atoms with Crippen LogP contribution in [0.5, 0.6) is 5.75 Å². The number of anilines is 1. The van der Waals surface area contributed by atoms with Crippen LogP contribution in [0.15, 0.2) is 48.5 Å². The minimum atomic E-state index is -0.103. The summed E-state index contributed by atoms with van der Waals surface area (Å²) < 4.78 is 5.61. The van der Waals surface area contributed by atoms with Crippen molar-refractivity contribution in [1.82, 2.24) is 0 Å². The van der Waals surface area contributed by atoms with Crippen LogP contribution in [-0.4, -0.2) is 32.7 Å². The molecular weight excluding hydrogens is 326 g/mol. The molecule has 124 valence electrons. The van der Waals surface area contributed by atoms with Gasteiger partial charge in [0.1, 0.15) is 18.9 Å². The highest BCUT2D eigenvalue weighted by Gasteiger charge is 2.10. The van der Waals surface area contributed by atoms with Gasteiger partial charge in [-0.15, -0.1) is 0 Å². The Kier molecular flexibility index (Phi) is 6.62. The number of hydrogen-bond acceptors (Lipinski definition) is 3. The first-order valence-corrected chi connectivity index (χ1v) is 7.94. The molecule has 0 aliphatic heterocycles. The van der Waals surface area contributed by atoms with E-state index < -0.39 is 0 Å². The van der Waals surface area contributed by atoms with Crippen LogP contribution in [0.3, 0.4) is 0 Å². The van der Waals surface area contributed by atoms with E-state index in [-0.39, 0.29) is 5.91 Å². The van der Waals surface area contributed by atoms with Crippen molar-refractivity contribution in [2.75, 3.05) is 32.1 Å². The molecule has 0 aliphatic rings. The molecule has 0 spiro atoms. The van der Waals surface area contributed by atoms with Gasteiger partial charge in [0.05, 0.1) is 18.7 Å². The maximum absolute atomic E-state index is 12.0. The van der Waals surface area contributed by atoms with Gasteiger partial charge in [-0.3, -0.25) is 4.79 Å². The SMILES string of the molecule is C[NH+](CCOc1ccc(Cl)cc1)CC(=O)Nc1cccc(C#N)c1. The first-order chi connectivity index (χ1) is 11.6. The summed E-state index contributed by atoms with van der Waals surface area (Å²) in [5, 5.41) is 12.3. The molecule has 6 heteroatoms. The van der Waals surface area contributed by atoms with Crippen LogP contribution in [0.2, 0.25) is 5.02 Å². The highest BCUT2D eigenvalue weighted by atomic mass is 35.5. The van der Waals surface area contributed by atoms with Crippen LogP contribution in [0.4, 0.5) is 5.69 Å². The molecule has 2 aromatic rings. The molecule has 2 rings (SSSR count). The lowest BCUT2D eigenvalue weighted by Crippen LogP contribution is -3.10. The molecule has 0 aromatic heterocycles. The van der Waals surface area contributed by atoms with Crippen LogP contribution in [0.25, 0.3) is 0 Å². The zero-order chi connectivity index (χ0) is 17.4. The van der Waals surface area contributed by atoms with Crippen LogP contribution < -0.4 is 15.0 Å². The van der Waals surface area contributed by atoms with Crippen molar-refractivity contribution in [3.05, 3.63) is 59.1 Å². The highest BCUT2D eigenvalue weighted by Crippen LogP contribution is 2.15. The maximum atomic E-state index is 12.0. The Morgan fingerprint density at radius 3 is 2.75 bits per heavy atom. The molecule has 0 saturated heterocycles. The minimum Gasteiger partial charge on any atom is -0.488 e. The minimum absolute atomic E-state index is 0.103. The second-order valence-electron chi connectivity index (χ2n) is 5.43. The van der Waals surface area contributed by atoms with Crippen molar-refractivity contribution in [1.29, 1.82) is 5.26 Å². The number of carbonyl (C=O) groups excluding carboxylic acids is 1. The summed E-state index contributed by atoms with van der Waals surface area (Å²) in [4.78, 5) is 13.0. The number of ether oxygens (including phenoxy) is 1. The summed E-state index contributed by atoms with van der Waals surface area (Å²) in [5.41, 5.74) is 1.15. The molecule has 5 nitrogen and oxygen atoms in total. The fourth-order valence-corrected chi connectivity index (χ4v) is 2.23. The molecule has 2 N–H and O–H groups in total. The molecule has 2 aromatic carbocycles. The number of halogens is 1. The Morgan fingerprint density at radius 2 is 2.04 bits per heavy atom. The third kappa shape index (κ3) is 5.92. The third-order valence-electron chi connectivity index (χ3n) is 3.35. The van der Waals surface area contributed by atoms with E-state index in [4.69, 9.17) is 21.6 Å². The number of carbonyl (C=O) groups is 1. The van der Waals surface area contributed by atoms with Gasteiger partial charge in [-0.2, -0.15) is 5.26 Å². The van der Waals surface area contributed by atoms with Crippen molar-refractivity contribution in [3.63, 3.8) is 0 Å². The fraction of sp³-hybridized carbons (Fsp3) is 0.222. The Hall–Kier alpha value is -2.55. The van der Waals surface area contributed by atoms with E-state index in [9.17, 15) is 4.79 Å². The smallest absolute Gasteiger partial charge is 0.279 e. The molecule has 1 unspecified atom stereocenters. The maximum Gasteiger partial charge on any atom is 0.279 e. The average Bonchev–Trinajstić information content (AvgIpc) is 2.56. The molecule has 0 saturated carbocycles. The zero-order valence-corrected chi connectivity index (χ0v) is 14.1. The number of hydrogen-bond donors (Lipinski definition) is 2. The Morgan fingerprint density at radius 1 is 1.29 bits per heavy atom. The van der Waals surface area contributed by atoms with E-state index in [1.165, 1.54) is 0 Å². The number of likely N-dealkylation sites (N-methyl/N-ethyl adjacent to an activating group) is 1. The molecule has 0 bridgehead atoms. The Bertz CT molecular complexity index is 726. The Labute approximate surface area is 146 Å². The standard InChI is InChI=1S/C18H18ClN3O2/c1-22(9-10-24-17-7-5-15(19)6-8-17)13-18(23)21-16-4-2-3-14(11-16)12-20/h2-8,11H,9-10,13H2,1H3,(H,21,23)/p+1. The summed E-state index contributed by atoms with van der Waals surface area (Å²) in [7, 11) is 1.93. The van der Waals surface area contributed by atoms with E-state index in [0.29, 0.717) is 36.0 Å². The molecule has 1 atom stereocenters. The van der Waals surface area contributed by atoms with Crippen LogP contribution in [-0.2, 0) is 4.79 Å². The zero-order valence-electron chi connectivity index (χ0n) is 13.4. The molecule has 24 heavy (non-hydrogen) atoms. The molecule has 0 heterocycles. The second kappa shape index (κ2) is 8.92. The summed E-state index contributed by atoms with van der Waals surface area (Å²) >= 11 is 5.82. The number of nitrogens with one attached hydrogen (secondary N) is 2. The monoisotopic (exact) mass is 344 g/mol. The predicted octanol–water partition coefficient (Wildman–Crippen LogP) is 1.74. The first-order valence-electron chi connectivity index (χ1n) is 7.56. The lowest BCUT2D eigenvalue weighted by atomic mass is 10.2. The number of benzene rings is 2. The largest absolute Gasteiger partial charge is 0.488 e. The number of nitriles is 1. The quantitative estimate of drug-likeness (QED) is 0.804. The van der Waals surface area contributed by atoms with E-state index in [2.05, 4.69) is 5.32 Å². The molecular formula is C18H19ClN3O2+. The van der Waals surface area contributed by atoms with Gasteiger partial charge in [-0.05, 0) is 42.5 Å². The van der Waals surface area contributed by atoms with E-state index in [1.807, 2.05) is 25.2 Å². The molecule has 1 amide bonds. The van der Waals surface area contributed by atoms with Gasteiger partial charge in [0.15, 0.2) is 6.54 Å². The highest BCUT2D eigenvalue weighted by molar-refractivity contribution is 6.30. The van der Waals surface area contributed by atoms with Gasteiger partial charge in [0.25, 0.3) is 5.91 Å². The Balaban J connectivity index is 1.73. The van der Waals surface area contributed by atoms with Gasteiger partial charge < -0.3 is 15.0 Å². The molecule has 0 radical (unpaired) electrons. The fourth-order valence-electron chi connectivity index (χ4n) is 2.11. The van der Waals surface area contributed by atoms with Gasteiger partial charge in [-0.1, -0.05) is 17.7 Å². The third-order valence-corrected chi connectivity index (χ3v) is 3.60. The number of quaternary nitrogens is 1. The van der Waals surface area contributed by atoms with Crippen LogP contribution >= 0.6 is 11.6 Å². The lowest BCUT2D eigenvalue weighted by Gasteiger charge is -2.14. The number of rotatable bonds is 7. The lowest BCUT2D eigenvalue weighted by molar-refractivity contribution is -0.871. The van der Waals surface area contributed by atoms with Crippen molar-refractivity contribution >= 4 is 23.2 Å². The van der Waals surface area contributed by atoms with Crippen molar-refractivity contribution < 1.29 is 14.4 Å². The number of nitrogens with zero attached hydrogens (tertiary/aromatic N) is 1. The summed E-state index contributed by atoms with van der Waals surface area (Å²) in [6, 6.07) is 16.1. The van der Waals surface area contributed by atoms with Gasteiger partial charge >= 0.3 is 0 Å². The number of amides is 1. The van der Waals surface area contributed by atoms with Crippen LogP contribution in [0, 0.1) is 11.3 Å². The van der Waals surface area contributed by atoms with Crippen LogP contribution in [0.1, 0.15) is 5.56 Å². The molecule has 0 aliphatic carbocycles. The summed E-state index contributed by atoms with van der Waals surface area (Å²) in [5.74, 6) is 0.652. The average molecular weight is 345 g/mol. The van der Waals surface area contributed by atoms with Crippen molar-refractivity contribution in [2.24, 2.45) is 0 Å². The molecule has 0 fully saturated rings. The van der Waals surface area contributed by atoms with Crippen molar-refractivity contribution in [2.45, 2.75) is 0 Å². The van der Waals surface area contributed by atoms with E-state index in [1.54, 1.807) is 36.4 Å². The van der Waals surface area contributed by atoms with Gasteiger partial charge in [-0.25, -0.2) is 0 Å².